The quantitative estimate of drug-likeness (QED) is 0.328. The third-order valence-electron chi connectivity index (χ3n) is 6.10. The summed E-state index contributed by atoms with van der Waals surface area (Å²) in [6, 6.07) is 13.2. The van der Waals surface area contributed by atoms with Crippen LogP contribution in [0.15, 0.2) is 54.3 Å². The van der Waals surface area contributed by atoms with Crippen LogP contribution in [0.3, 0.4) is 0 Å². The van der Waals surface area contributed by atoms with Crippen molar-refractivity contribution in [2.75, 3.05) is 21.3 Å². The minimum absolute atomic E-state index is 0.0777. The van der Waals surface area contributed by atoms with Crippen molar-refractivity contribution < 1.29 is 38.4 Å². The fourth-order valence-corrected chi connectivity index (χ4v) is 4.40. The van der Waals surface area contributed by atoms with Gasteiger partial charge in [-0.05, 0) is 42.0 Å². The number of benzene rings is 3. The fourth-order valence-electron chi connectivity index (χ4n) is 4.40. The predicted molar refractivity (Wildman–Crippen MR) is 126 cm³/mol. The number of phenolic OH excluding ortho intramolecular Hbond substituents is 1. The van der Waals surface area contributed by atoms with Gasteiger partial charge in [-0.1, -0.05) is 12.1 Å². The van der Waals surface area contributed by atoms with E-state index in [-0.39, 0.29) is 29.7 Å². The Labute approximate surface area is 201 Å². The number of phenols is 1. The summed E-state index contributed by atoms with van der Waals surface area (Å²) >= 11 is 0. The summed E-state index contributed by atoms with van der Waals surface area (Å²) in [5.41, 5.74) is 2.35. The lowest BCUT2D eigenvalue weighted by atomic mass is 9.84. The molecule has 0 bridgehead atoms. The van der Waals surface area contributed by atoms with Gasteiger partial charge in [0.05, 0.1) is 33.3 Å². The van der Waals surface area contributed by atoms with Gasteiger partial charge in [-0.3, -0.25) is 9.59 Å². The fraction of sp³-hybridized carbons (Fsp3) is 0.185. The molecule has 0 aliphatic carbocycles. The van der Waals surface area contributed by atoms with Gasteiger partial charge in [-0.2, -0.15) is 0 Å². The molecule has 2 aliphatic rings. The van der Waals surface area contributed by atoms with Crippen molar-refractivity contribution in [2.24, 2.45) is 0 Å². The first-order valence-corrected chi connectivity index (χ1v) is 10.8. The summed E-state index contributed by atoms with van der Waals surface area (Å²) in [6.07, 6.45) is 1.66. The SMILES string of the molecule is COc1cc(OC)c(OC)cc1/C=C1/Oc2c(ccc3c2[C@H](c2ccc(O)cc2)CC(=O)O3)C1=O. The topological polar surface area (TPSA) is 101 Å². The highest BCUT2D eigenvalue weighted by Crippen LogP contribution is 2.49. The van der Waals surface area contributed by atoms with E-state index in [1.54, 1.807) is 54.6 Å². The Bertz CT molecular complexity index is 1370. The number of methoxy groups -OCH3 is 3. The van der Waals surface area contributed by atoms with Crippen molar-refractivity contribution >= 4 is 17.8 Å². The number of hydrogen-bond acceptors (Lipinski definition) is 8. The van der Waals surface area contributed by atoms with Crippen LogP contribution in [0.5, 0.6) is 34.5 Å². The van der Waals surface area contributed by atoms with Crippen LogP contribution in [0, 0.1) is 0 Å². The first kappa shape index (κ1) is 22.3. The average molecular weight is 474 g/mol. The standard InChI is InChI=1S/C27H22O8/c1-31-20-13-22(33-3)21(32-2)10-15(20)11-23-26(30)17-8-9-19-25(27(17)35-23)18(12-24(29)34-19)14-4-6-16(28)7-5-14/h4-11,13,18,28H,12H2,1-3H3/b23-11+/t18-/m0/s1. The Balaban J connectivity index is 1.60. The summed E-state index contributed by atoms with van der Waals surface area (Å²) in [5, 5.41) is 9.68. The summed E-state index contributed by atoms with van der Waals surface area (Å²) in [4.78, 5) is 25.6. The molecule has 3 aromatic carbocycles. The summed E-state index contributed by atoms with van der Waals surface area (Å²) < 4.78 is 27.8. The lowest BCUT2D eigenvalue weighted by molar-refractivity contribution is -0.135. The summed E-state index contributed by atoms with van der Waals surface area (Å²) in [5.74, 6) is 1.25. The molecule has 1 N–H and O–H groups in total. The Morgan fingerprint density at radius 2 is 1.57 bits per heavy atom. The lowest BCUT2D eigenvalue weighted by Gasteiger charge is -2.26. The molecule has 35 heavy (non-hydrogen) atoms. The number of rotatable bonds is 5. The Morgan fingerprint density at radius 1 is 0.886 bits per heavy atom. The van der Waals surface area contributed by atoms with Crippen LogP contribution >= 0.6 is 0 Å². The van der Waals surface area contributed by atoms with Crippen LogP contribution in [0.2, 0.25) is 0 Å². The number of carbonyl (C=O) groups is 2. The van der Waals surface area contributed by atoms with E-state index in [9.17, 15) is 14.7 Å². The van der Waals surface area contributed by atoms with E-state index >= 15 is 0 Å². The first-order chi connectivity index (χ1) is 16.9. The van der Waals surface area contributed by atoms with Gasteiger partial charge in [0.15, 0.2) is 17.3 Å². The summed E-state index contributed by atoms with van der Waals surface area (Å²) in [7, 11) is 4.56. The molecule has 178 valence electrons. The molecule has 0 saturated carbocycles. The van der Waals surface area contributed by atoms with Gasteiger partial charge in [-0.15, -0.1) is 0 Å². The molecule has 0 radical (unpaired) electrons. The molecule has 8 nitrogen and oxygen atoms in total. The van der Waals surface area contributed by atoms with Gasteiger partial charge in [0, 0.05) is 23.1 Å². The van der Waals surface area contributed by atoms with Crippen LogP contribution in [0.25, 0.3) is 6.08 Å². The number of Topliss-reactive ketones (excluding diaryl/α,β-unsaturated/α-hetero) is 1. The number of aromatic hydroxyl groups is 1. The van der Waals surface area contributed by atoms with Crippen LogP contribution < -0.4 is 23.7 Å². The third-order valence-corrected chi connectivity index (χ3v) is 6.10. The largest absolute Gasteiger partial charge is 0.508 e. The third kappa shape index (κ3) is 3.82. The number of carbonyl (C=O) groups excluding carboxylic acids is 2. The van der Waals surface area contributed by atoms with Gasteiger partial charge < -0.3 is 28.8 Å². The molecule has 0 unspecified atom stereocenters. The summed E-state index contributed by atoms with van der Waals surface area (Å²) in [6.45, 7) is 0. The van der Waals surface area contributed by atoms with Crippen LogP contribution in [-0.2, 0) is 4.79 Å². The van der Waals surface area contributed by atoms with E-state index < -0.39 is 5.92 Å². The number of fused-ring (bicyclic) bond motifs is 3. The van der Waals surface area contributed by atoms with Crippen molar-refractivity contribution in [3.05, 3.63) is 76.5 Å². The van der Waals surface area contributed by atoms with E-state index in [4.69, 9.17) is 23.7 Å². The number of allylic oxidation sites excluding steroid dienone is 1. The average Bonchev–Trinajstić information content (AvgIpc) is 3.18. The van der Waals surface area contributed by atoms with Gasteiger partial charge in [-0.25, -0.2) is 0 Å². The highest BCUT2D eigenvalue weighted by molar-refractivity contribution is 6.15. The normalized spacial score (nSPS) is 17.3. The Morgan fingerprint density at radius 3 is 2.26 bits per heavy atom. The zero-order valence-electron chi connectivity index (χ0n) is 19.3. The molecule has 5 rings (SSSR count). The van der Waals surface area contributed by atoms with E-state index in [1.165, 1.54) is 21.3 Å². The van der Waals surface area contributed by atoms with E-state index in [0.29, 0.717) is 45.4 Å². The molecule has 8 heteroatoms. The molecule has 0 spiro atoms. The van der Waals surface area contributed by atoms with Gasteiger partial charge in [0.25, 0.3) is 0 Å². The van der Waals surface area contributed by atoms with Crippen molar-refractivity contribution in [1.29, 1.82) is 0 Å². The zero-order chi connectivity index (χ0) is 24.7. The van der Waals surface area contributed by atoms with Crippen molar-refractivity contribution in [3.63, 3.8) is 0 Å². The van der Waals surface area contributed by atoms with E-state index in [1.807, 2.05) is 0 Å². The maximum absolute atomic E-state index is 13.3. The van der Waals surface area contributed by atoms with E-state index in [0.717, 1.165) is 5.56 Å². The molecule has 0 saturated heterocycles. The molecule has 2 aliphatic heterocycles. The highest BCUT2D eigenvalue weighted by atomic mass is 16.5. The molecular weight excluding hydrogens is 452 g/mol. The number of esters is 1. The maximum Gasteiger partial charge on any atom is 0.312 e. The van der Waals surface area contributed by atoms with Crippen molar-refractivity contribution in [1.82, 2.24) is 0 Å². The molecule has 0 aromatic heterocycles. The van der Waals surface area contributed by atoms with Crippen LogP contribution in [-0.4, -0.2) is 38.2 Å². The van der Waals surface area contributed by atoms with E-state index in [2.05, 4.69) is 0 Å². The second-order valence-electron chi connectivity index (χ2n) is 8.07. The second kappa shape index (κ2) is 8.72. The smallest absolute Gasteiger partial charge is 0.312 e. The highest BCUT2D eigenvalue weighted by Gasteiger charge is 2.38. The van der Waals surface area contributed by atoms with Gasteiger partial charge in [0.1, 0.15) is 23.0 Å². The van der Waals surface area contributed by atoms with Crippen molar-refractivity contribution in [2.45, 2.75) is 12.3 Å². The van der Waals surface area contributed by atoms with Gasteiger partial charge in [0.2, 0.25) is 5.78 Å². The maximum atomic E-state index is 13.3. The minimum atomic E-state index is -0.399. The Hall–Kier alpha value is -4.46. The minimum Gasteiger partial charge on any atom is -0.508 e. The first-order valence-electron chi connectivity index (χ1n) is 10.8. The monoisotopic (exact) mass is 474 g/mol. The molecule has 0 fully saturated rings. The van der Waals surface area contributed by atoms with Crippen LogP contribution in [0.1, 0.15) is 39.4 Å². The van der Waals surface area contributed by atoms with Gasteiger partial charge >= 0.3 is 5.97 Å². The molecule has 2 heterocycles. The predicted octanol–water partition coefficient (Wildman–Crippen LogP) is 4.48. The number of ketones is 1. The van der Waals surface area contributed by atoms with Crippen molar-refractivity contribution in [3.8, 4) is 34.5 Å². The zero-order valence-corrected chi connectivity index (χ0v) is 19.3. The van der Waals surface area contributed by atoms with Crippen LogP contribution in [0.4, 0.5) is 0 Å². The molecule has 0 amide bonds. The second-order valence-corrected chi connectivity index (χ2v) is 8.07. The number of ether oxygens (including phenoxy) is 5. The molecular formula is C27H22O8. The lowest BCUT2D eigenvalue weighted by Crippen LogP contribution is -2.21. The molecule has 3 aromatic rings. The number of hydrogen-bond donors (Lipinski definition) is 1. The Kier molecular flexibility index (Phi) is 5.56. The molecule has 1 atom stereocenters.